The number of carboxylic acid groups (broad SMARTS) is 1. The number of hydrogen-bond donors (Lipinski definition) is 2. The molecule has 1 aromatic heterocycles. The van der Waals surface area contributed by atoms with Gasteiger partial charge in [-0.15, -0.1) is 0 Å². The molecule has 150 valence electrons. The molecular formula is C23H25N3O3. The zero-order chi connectivity index (χ0) is 20.6. The molecule has 2 atom stereocenters. The van der Waals surface area contributed by atoms with Crippen molar-refractivity contribution >= 4 is 11.8 Å². The highest BCUT2D eigenvalue weighted by atomic mass is 16.5. The summed E-state index contributed by atoms with van der Waals surface area (Å²) < 4.78 is 5.81. The lowest BCUT2D eigenvalue weighted by atomic mass is 9.99. The number of anilines is 1. The number of hydrogen-bond acceptors (Lipinski definition) is 5. The molecule has 2 N–H and O–H groups in total. The van der Waals surface area contributed by atoms with Gasteiger partial charge in [-0.3, -0.25) is 0 Å². The average molecular weight is 391 g/mol. The van der Waals surface area contributed by atoms with Crippen molar-refractivity contribution in [1.82, 2.24) is 9.97 Å². The van der Waals surface area contributed by atoms with E-state index < -0.39 is 12.0 Å². The predicted molar refractivity (Wildman–Crippen MR) is 113 cm³/mol. The van der Waals surface area contributed by atoms with Crippen LogP contribution in [0.15, 0.2) is 67.0 Å². The summed E-state index contributed by atoms with van der Waals surface area (Å²) in [6, 6.07) is 18.7. The van der Waals surface area contributed by atoms with Gasteiger partial charge in [-0.25, -0.2) is 14.8 Å². The maximum absolute atomic E-state index is 11.5. The first kappa shape index (κ1) is 20.3. The van der Waals surface area contributed by atoms with Gasteiger partial charge in [0, 0.05) is 11.6 Å². The molecule has 1 heterocycles. The molecule has 0 aliphatic heterocycles. The summed E-state index contributed by atoms with van der Waals surface area (Å²) in [6.45, 7) is 4.38. The van der Waals surface area contributed by atoms with Crippen LogP contribution in [0.1, 0.15) is 25.8 Å². The molecule has 0 aliphatic rings. The van der Waals surface area contributed by atoms with E-state index in [0.717, 1.165) is 23.3 Å². The molecule has 0 aliphatic carbocycles. The van der Waals surface area contributed by atoms with Crippen molar-refractivity contribution in [2.45, 2.75) is 32.9 Å². The van der Waals surface area contributed by atoms with Gasteiger partial charge in [-0.05, 0) is 35.7 Å². The van der Waals surface area contributed by atoms with Crippen molar-refractivity contribution in [3.63, 3.8) is 0 Å². The quantitative estimate of drug-likeness (QED) is 0.553. The van der Waals surface area contributed by atoms with Crippen LogP contribution in [-0.4, -0.2) is 27.1 Å². The van der Waals surface area contributed by atoms with E-state index >= 15 is 0 Å². The van der Waals surface area contributed by atoms with Gasteiger partial charge in [-0.1, -0.05) is 50.6 Å². The molecule has 6 nitrogen and oxygen atoms in total. The Labute approximate surface area is 170 Å². The van der Waals surface area contributed by atoms with E-state index in [4.69, 9.17) is 4.74 Å². The minimum Gasteiger partial charge on any atom is -0.489 e. The number of carbonyl (C=O) groups is 1. The summed E-state index contributed by atoms with van der Waals surface area (Å²) >= 11 is 0. The Morgan fingerprint density at radius 3 is 2.48 bits per heavy atom. The Bertz CT molecular complexity index is 930. The first-order valence-corrected chi connectivity index (χ1v) is 9.65. The van der Waals surface area contributed by atoms with Crippen LogP contribution >= 0.6 is 0 Å². The topological polar surface area (TPSA) is 84.3 Å². The molecule has 0 radical (unpaired) electrons. The van der Waals surface area contributed by atoms with Gasteiger partial charge in [0.25, 0.3) is 0 Å². The van der Waals surface area contributed by atoms with Crippen molar-refractivity contribution in [3.05, 3.63) is 72.6 Å². The zero-order valence-corrected chi connectivity index (χ0v) is 16.6. The van der Waals surface area contributed by atoms with Crippen LogP contribution in [0.5, 0.6) is 5.75 Å². The van der Waals surface area contributed by atoms with Crippen LogP contribution in [0.2, 0.25) is 0 Å². The third-order valence-corrected chi connectivity index (χ3v) is 4.85. The van der Waals surface area contributed by atoms with E-state index in [2.05, 4.69) is 15.3 Å². The first-order valence-electron chi connectivity index (χ1n) is 9.65. The van der Waals surface area contributed by atoms with Crippen LogP contribution in [0.25, 0.3) is 11.3 Å². The largest absolute Gasteiger partial charge is 0.489 e. The van der Waals surface area contributed by atoms with E-state index in [0.29, 0.717) is 18.1 Å². The molecule has 3 rings (SSSR count). The molecule has 0 saturated carbocycles. The predicted octanol–water partition coefficient (Wildman–Crippen LogP) is 4.63. The minimum atomic E-state index is -0.889. The number of aromatic nitrogens is 2. The van der Waals surface area contributed by atoms with Crippen molar-refractivity contribution in [1.29, 1.82) is 0 Å². The van der Waals surface area contributed by atoms with Crippen molar-refractivity contribution in [2.75, 3.05) is 5.32 Å². The van der Waals surface area contributed by atoms with Gasteiger partial charge in [0.2, 0.25) is 0 Å². The molecule has 6 heteroatoms. The van der Waals surface area contributed by atoms with Gasteiger partial charge in [-0.2, -0.15) is 0 Å². The Morgan fingerprint density at radius 2 is 1.83 bits per heavy atom. The molecule has 29 heavy (non-hydrogen) atoms. The molecule has 0 bridgehead atoms. The minimum absolute atomic E-state index is 0.0213. The highest BCUT2D eigenvalue weighted by Gasteiger charge is 2.23. The summed E-state index contributed by atoms with van der Waals surface area (Å²) in [5.41, 5.74) is 2.72. The number of carboxylic acids is 1. The van der Waals surface area contributed by atoms with Crippen LogP contribution < -0.4 is 10.1 Å². The number of nitrogens with zero attached hydrogens (tertiary/aromatic N) is 2. The number of ether oxygens (including phenoxy) is 1. The standard InChI is InChI=1S/C23H25N3O3/c1-3-16(2)22(23(27)28)26-21-13-20(24-15-25-21)18-9-11-19(12-10-18)29-14-17-7-5-4-6-8-17/h4-13,15-16,22H,3,14H2,1-2H3,(H,27,28)(H,24,25,26). The Morgan fingerprint density at radius 1 is 1.10 bits per heavy atom. The summed E-state index contributed by atoms with van der Waals surface area (Å²) in [6.07, 6.45) is 2.19. The number of nitrogens with one attached hydrogen (secondary N) is 1. The van der Waals surface area contributed by atoms with Gasteiger partial charge < -0.3 is 15.2 Å². The Hall–Kier alpha value is -3.41. The summed E-state index contributed by atoms with van der Waals surface area (Å²) in [4.78, 5) is 20.0. The summed E-state index contributed by atoms with van der Waals surface area (Å²) in [7, 11) is 0. The second kappa shape index (κ2) is 9.68. The fourth-order valence-electron chi connectivity index (χ4n) is 2.90. The highest BCUT2D eigenvalue weighted by Crippen LogP contribution is 2.23. The third kappa shape index (κ3) is 5.54. The smallest absolute Gasteiger partial charge is 0.326 e. The Balaban J connectivity index is 1.69. The van der Waals surface area contributed by atoms with E-state index in [9.17, 15) is 9.90 Å². The van der Waals surface area contributed by atoms with E-state index in [1.54, 1.807) is 6.07 Å². The number of benzene rings is 2. The van der Waals surface area contributed by atoms with Crippen molar-refractivity contribution in [3.8, 4) is 17.0 Å². The lowest BCUT2D eigenvalue weighted by molar-refractivity contribution is -0.139. The third-order valence-electron chi connectivity index (χ3n) is 4.85. The molecular weight excluding hydrogens is 366 g/mol. The maximum Gasteiger partial charge on any atom is 0.326 e. The molecule has 0 amide bonds. The van der Waals surface area contributed by atoms with E-state index in [1.165, 1.54) is 6.33 Å². The van der Waals surface area contributed by atoms with Gasteiger partial charge in [0.1, 0.15) is 30.5 Å². The number of aliphatic carboxylic acids is 1. The Kier molecular flexibility index (Phi) is 6.79. The molecule has 0 spiro atoms. The van der Waals surface area contributed by atoms with Crippen LogP contribution in [0.4, 0.5) is 5.82 Å². The highest BCUT2D eigenvalue weighted by molar-refractivity contribution is 5.77. The lowest BCUT2D eigenvalue weighted by Gasteiger charge is -2.20. The molecule has 2 unspecified atom stereocenters. The van der Waals surface area contributed by atoms with E-state index in [1.807, 2.05) is 68.4 Å². The fourth-order valence-corrected chi connectivity index (χ4v) is 2.90. The van der Waals surface area contributed by atoms with Gasteiger partial charge in [0.05, 0.1) is 5.69 Å². The summed E-state index contributed by atoms with van der Waals surface area (Å²) in [5, 5.41) is 12.5. The number of rotatable bonds is 9. The average Bonchev–Trinajstić information content (AvgIpc) is 2.76. The maximum atomic E-state index is 11.5. The molecule has 0 saturated heterocycles. The van der Waals surface area contributed by atoms with Crippen LogP contribution in [0, 0.1) is 5.92 Å². The van der Waals surface area contributed by atoms with Crippen LogP contribution in [-0.2, 0) is 11.4 Å². The normalized spacial score (nSPS) is 12.8. The van der Waals surface area contributed by atoms with Crippen molar-refractivity contribution < 1.29 is 14.6 Å². The SMILES string of the molecule is CCC(C)C(Nc1cc(-c2ccc(OCc3ccccc3)cc2)ncn1)C(=O)O. The monoisotopic (exact) mass is 391 g/mol. The van der Waals surface area contributed by atoms with Gasteiger partial charge >= 0.3 is 5.97 Å². The fraction of sp³-hybridized carbons (Fsp3) is 0.261. The van der Waals surface area contributed by atoms with E-state index in [-0.39, 0.29) is 5.92 Å². The van der Waals surface area contributed by atoms with Gasteiger partial charge in [0.15, 0.2) is 0 Å². The molecule has 2 aromatic carbocycles. The second-order valence-corrected chi connectivity index (χ2v) is 6.93. The lowest BCUT2D eigenvalue weighted by Crippen LogP contribution is -2.35. The van der Waals surface area contributed by atoms with Crippen LogP contribution in [0.3, 0.4) is 0 Å². The molecule has 3 aromatic rings. The van der Waals surface area contributed by atoms with Crippen molar-refractivity contribution in [2.24, 2.45) is 5.92 Å². The first-order chi connectivity index (χ1) is 14.1. The second-order valence-electron chi connectivity index (χ2n) is 6.93. The zero-order valence-electron chi connectivity index (χ0n) is 16.6. The molecule has 0 fully saturated rings. The summed E-state index contributed by atoms with van der Waals surface area (Å²) in [5.74, 6) is 0.353.